The number of nitrogen functional groups attached to an aromatic ring is 1. The summed E-state index contributed by atoms with van der Waals surface area (Å²) in [7, 11) is 0. The van der Waals surface area contributed by atoms with E-state index < -0.39 is 23.4 Å². The van der Waals surface area contributed by atoms with Gasteiger partial charge in [-0.15, -0.1) is 0 Å². The SMILES string of the molecule is CCOC(=O)c1c(N)c(C(=O)OC(C)(C)C)c(N2CCC[C@H](C)C2)n1Cc1cc(F)ccc1Br. The molecule has 1 aliphatic heterocycles. The summed E-state index contributed by atoms with van der Waals surface area (Å²) in [6, 6.07) is 4.35. The minimum Gasteiger partial charge on any atom is -0.461 e. The van der Waals surface area contributed by atoms with Crippen molar-refractivity contribution in [3.8, 4) is 0 Å². The van der Waals surface area contributed by atoms with Crippen LogP contribution < -0.4 is 10.6 Å². The Morgan fingerprint density at radius 2 is 1.97 bits per heavy atom. The van der Waals surface area contributed by atoms with Gasteiger partial charge in [0.1, 0.15) is 22.8 Å². The summed E-state index contributed by atoms with van der Waals surface area (Å²) in [6.45, 7) is 10.8. The summed E-state index contributed by atoms with van der Waals surface area (Å²) >= 11 is 3.47. The number of nitrogens with two attached hydrogens (primary N) is 1. The van der Waals surface area contributed by atoms with Gasteiger partial charge < -0.3 is 24.7 Å². The summed E-state index contributed by atoms with van der Waals surface area (Å²) in [5.41, 5.74) is 6.54. The Kier molecular flexibility index (Phi) is 7.95. The summed E-state index contributed by atoms with van der Waals surface area (Å²) in [5.74, 6) is -0.778. The van der Waals surface area contributed by atoms with E-state index in [-0.39, 0.29) is 30.1 Å². The van der Waals surface area contributed by atoms with E-state index >= 15 is 0 Å². The maximum absolute atomic E-state index is 14.1. The highest BCUT2D eigenvalue weighted by Crippen LogP contribution is 2.38. The van der Waals surface area contributed by atoms with Gasteiger partial charge in [-0.05, 0) is 70.2 Å². The van der Waals surface area contributed by atoms with Gasteiger partial charge in [0.05, 0.1) is 18.8 Å². The maximum Gasteiger partial charge on any atom is 0.357 e. The van der Waals surface area contributed by atoms with Crippen molar-refractivity contribution in [2.75, 3.05) is 30.3 Å². The first-order chi connectivity index (χ1) is 15.9. The second kappa shape index (κ2) is 10.4. The number of nitrogens with zero attached hydrogens (tertiary/aromatic N) is 2. The summed E-state index contributed by atoms with van der Waals surface area (Å²) < 4.78 is 27.4. The normalized spacial score (nSPS) is 16.4. The van der Waals surface area contributed by atoms with Gasteiger partial charge in [0.15, 0.2) is 5.69 Å². The van der Waals surface area contributed by atoms with E-state index in [1.165, 1.54) is 12.1 Å². The van der Waals surface area contributed by atoms with Gasteiger partial charge in [0.25, 0.3) is 0 Å². The molecule has 0 unspecified atom stereocenters. The number of halogens is 2. The Balaban J connectivity index is 2.28. The molecule has 2 aromatic rings. The average molecular weight is 538 g/mol. The molecule has 1 aromatic heterocycles. The lowest BCUT2D eigenvalue weighted by molar-refractivity contribution is 0.00712. The van der Waals surface area contributed by atoms with Crippen molar-refractivity contribution in [1.29, 1.82) is 0 Å². The summed E-state index contributed by atoms with van der Waals surface area (Å²) in [6.07, 6.45) is 1.99. The first-order valence-corrected chi connectivity index (χ1v) is 12.3. The van der Waals surface area contributed by atoms with E-state index in [4.69, 9.17) is 15.2 Å². The van der Waals surface area contributed by atoms with E-state index in [1.54, 1.807) is 38.3 Å². The van der Waals surface area contributed by atoms with Crippen LogP contribution in [0, 0.1) is 11.7 Å². The number of anilines is 2. The molecule has 7 nitrogen and oxygen atoms in total. The van der Waals surface area contributed by atoms with Gasteiger partial charge in [0, 0.05) is 17.6 Å². The van der Waals surface area contributed by atoms with Gasteiger partial charge in [-0.2, -0.15) is 0 Å². The second-order valence-electron chi connectivity index (χ2n) is 9.70. The molecule has 0 aliphatic carbocycles. The Morgan fingerprint density at radius 1 is 1.26 bits per heavy atom. The van der Waals surface area contributed by atoms with E-state index in [0.717, 1.165) is 12.8 Å². The summed E-state index contributed by atoms with van der Waals surface area (Å²) in [4.78, 5) is 28.5. The Labute approximate surface area is 208 Å². The largest absolute Gasteiger partial charge is 0.461 e. The van der Waals surface area contributed by atoms with Crippen molar-refractivity contribution < 1.29 is 23.5 Å². The molecule has 1 aromatic carbocycles. The smallest absolute Gasteiger partial charge is 0.357 e. The van der Waals surface area contributed by atoms with Crippen LogP contribution in [0.15, 0.2) is 22.7 Å². The van der Waals surface area contributed by atoms with Crippen LogP contribution in [0.4, 0.5) is 15.9 Å². The van der Waals surface area contributed by atoms with Crippen LogP contribution in [-0.2, 0) is 16.0 Å². The number of rotatable bonds is 6. The minimum absolute atomic E-state index is 0.00783. The minimum atomic E-state index is -0.756. The van der Waals surface area contributed by atoms with Crippen molar-refractivity contribution >= 4 is 39.4 Å². The molecular weight excluding hydrogens is 505 g/mol. The Bertz CT molecular complexity index is 1080. The van der Waals surface area contributed by atoms with E-state index in [9.17, 15) is 14.0 Å². The zero-order valence-corrected chi connectivity index (χ0v) is 22.0. The van der Waals surface area contributed by atoms with Crippen LogP contribution in [0.25, 0.3) is 0 Å². The van der Waals surface area contributed by atoms with Crippen LogP contribution in [-0.4, -0.2) is 41.8 Å². The topological polar surface area (TPSA) is 86.8 Å². The number of piperidine rings is 1. The molecule has 1 fully saturated rings. The van der Waals surface area contributed by atoms with Crippen molar-refractivity contribution in [2.45, 2.75) is 59.6 Å². The number of carbonyl (C=O) groups excluding carboxylic acids is 2. The third kappa shape index (κ3) is 5.74. The lowest BCUT2D eigenvalue weighted by Crippen LogP contribution is -2.37. The fraction of sp³-hybridized carbons (Fsp3) is 0.520. The van der Waals surface area contributed by atoms with Crippen LogP contribution in [0.1, 0.15) is 73.9 Å². The molecule has 0 spiro atoms. The third-order valence-electron chi connectivity index (χ3n) is 5.64. The molecule has 34 heavy (non-hydrogen) atoms. The monoisotopic (exact) mass is 537 g/mol. The fourth-order valence-electron chi connectivity index (χ4n) is 4.27. The van der Waals surface area contributed by atoms with Gasteiger partial charge in [-0.1, -0.05) is 22.9 Å². The Hall–Kier alpha value is -2.55. The van der Waals surface area contributed by atoms with Gasteiger partial charge in [0.2, 0.25) is 0 Å². The van der Waals surface area contributed by atoms with Crippen LogP contribution >= 0.6 is 15.9 Å². The number of esters is 2. The molecule has 1 atom stereocenters. The van der Waals surface area contributed by atoms with Crippen molar-refractivity contribution in [3.05, 3.63) is 45.3 Å². The number of ether oxygens (including phenoxy) is 2. The third-order valence-corrected chi connectivity index (χ3v) is 6.41. The molecule has 2 heterocycles. The number of aromatic nitrogens is 1. The first kappa shape index (κ1) is 26.1. The lowest BCUT2D eigenvalue weighted by atomic mass is 10.00. The van der Waals surface area contributed by atoms with Crippen LogP contribution in [0.3, 0.4) is 0 Å². The number of hydrogen-bond donors (Lipinski definition) is 1. The molecule has 1 aliphatic rings. The second-order valence-corrected chi connectivity index (χ2v) is 10.6. The first-order valence-electron chi connectivity index (χ1n) is 11.5. The van der Waals surface area contributed by atoms with Crippen molar-refractivity contribution in [1.82, 2.24) is 4.57 Å². The molecular formula is C25H33BrFN3O4. The number of hydrogen-bond acceptors (Lipinski definition) is 6. The van der Waals surface area contributed by atoms with E-state index in [2.05, 4.69) is 27.8 Å². The van der Waals surface area contributed by atoms with Crippen molar-refractivity contribution in [2.24, 2.45) is 5.92 Å². The highest BCUT2D eigenvalue weighted by atomic mass is 79.9. The van der Waals surface area contributed by atoms with E-state index in [0.29, 0.717) is 34.9 Å². The molecule has 2 N–H and O–H groups in total. The predicted octanol–water partition coefficient (Wildman–Crippen LogP) is 5.39. The molecule has 0 radical (unpaired) electrons. The molecule has 1 saturated heterocycles. The molecule has 3 rings (SSSR count). The Morgan fingerprint density at radius 3 is 2.59 bits per heavy atom. The molecule has 9 heteroatoms. The highest BCUT2D eigenvalue weighted by molar-refractivity contribution is 9.10. The zero-order chi connectivity index (χ0) is 25.2. The molecule has 0 amide bonds. The highest BCUT2D eigenvalue weighted by Gasteiger charge is 2.36. The zero-order valence-electron chi connectivity index (χ0n) is 20.4. The van der Waals surface area contributed by atoms with Crippen LogP contribution in [0.5, 0.6) is 0 Å². The number of carbonyl (C=O) groups is 2. The average Bonchev–Trinajstić information content (AvgIpc) is 3.01. The van der Waals surface area contributed by atoms with Gasteiger partial charge >= 0.3 is 11.9 Å². The fourth-order valence-corrected chi connectivity index (χ4v) is 4.65. The van der Waals surface area contributed by atoms with Gasteiger partial charge in [-0.3, -0.25) is 0 Å². The molecule has 186 valence electrons. The number of benzene rings is 1. The van der Waals surface area contributed by atoms with Gasteiger partial charge in [-0.25, -0.2) is 14.0 Å². The molecule has 0 saturated carbocycles. The quantitative estimate of drug-likeness (QED) is 0.497. The standard InChI is InChI=1S/C25H33BrFN3O4/c1-6-33-24(32)21-20(28)19(23(31)34-25(3,4)5)22(29-11-7-8-15(2)13-29)30(21)14-16-12-17(27)9-10-18(16)26/h9-10,12,15H,6-8,11,13-14,28H2,1-5H3/t15-/m0/s1. The predicted molar refractivity (Wildman–Crippen MR) is 134 cm³/mol. The lowest BCUT2D eigenvalue weighted by Gasteiger charge is -2.34. The molecule has 0 bridgehead atoms. The van der Waals surface area contributed by atoms with Crippen molar-refractivity contribution in [3.63, 3.8) is 0 Å². The summed E-state index contributed by atoms with van der Waals surface area (Å²) in [5, 5.41) is 0. The maximum atomic E-state index is 14.1. The van der Waals surface area contributed by atoms with Crippen LogP contribution in [0.2, 0.25) is 0 Å². The van der Waals surface area contributed by atoms with E-state index in [1.807, 2.05) is 0 Å².